The third kappa shape index (κ3) is 2.70. The molecule has 0 spiro atoms. The van der Waals surface area contributed by atoms with E-state index >= 15 is 0 Å². The minimum absolute atomic E-state index is 0.0460. The van der Waals surface area contributed by atoms with E-state index in [2.05, 4.69) is 15.1 Å². The molecule has 1 fully saturated rings. The lowest BCUT2D eigenvalue weighted by atomic mass is 10.2. The smallest absolute Gasteiger partial charge is 0.262 e. The van der Waals surface area contributed by atoms with Gasteiger partial charge in [-0.05, 0) is 12.1 Å². The number of aromatic nitrogens is 4. The largest absolute Gasteiger partial charge is 0.379 e. The fourth-order valence-corrected chi connectivity index (χ4v) is 3.94. The maximum absolute atomic E-state index is 12.4. The second-order valence-corrected chi connectivity index (χ2v) is 6.86. The molecule has 1 aromatic carbocycles. The molecule has 3 heterocycles. The van der Waals surface area contributed by atoms with Gasteiger partial charge < -0.3 is 4.74 Å². The predicted molar refractivity (Wildman–Crippen MR) is 93.7 cm³/mol. The maximum atomic E-state index is 12.4. The van der Waals surface area contributed by atoms with Crippen LogP contribution in [0, 0.1) is 0 Å². The number of rotatable bonds is 4. The number of fused-ring (bicyclic) bond motifs is 3. The first-order valence-corrected chi connectivity index (χ1v) is 9.00. The zero-order chi connectivity index (χ0) is 16.5. The molecule has 1 saturated heterocycles. The molecule has 24 heavy (non-hydrogen) atoms. The van der Waals surface area contributed by atoms with E-state index in [4.69, 9.17) is 4.74 Å². The number of ether oxygens (including phenoxy) is 1. The van der Waals surface area contributed by atoms with Crippen molar-refractivity contribution in [3.05, 3.63) is 34.6 Å². The molecule has 1 aliphatic heterocycles. The fraction of sp³-hybridized carbons (Fsp3) is 0.438. The number of nitrogens with zero attached hydrogens (tertiary/aromatic N) is 5. The van der Waals surface area contributed by atoms with Crippen LogP contribution >= 0.6 is 11.8 Å². The van der Waals surface area contributed by atoms with E-state index in [0.29, 0.717) is 11.2 Å². The highest BCUT2D eigenvalue weighted by atomic mass is 32.2. The molecule has 3 aromatic rings. The average Bonchev–Trinajstić information content (AvgIpc) is 3.05. The quantitative estimate of drug-likeness (QED) is 0.658. The van der Waals surface area contributed by atoms with Gasteiger partial charge >= 0.3 is 0 Å². The highest BCUT2D eigenvalue weighted by Crippen LogP contribution is 2.21. The Morgan fingerprint density at radius 2 is 2.00 bits per heavy atom. The van der Waals surface area contributed by atoms with Crippen molar-refractivity contribution in [1.82, 2.24) is 24.1 Å². The van der Waals surface area contributed by atoms with Gasteiger partial charge in [-0.3, -0.25) is 18.7 Å². The van der Waals surface area contributed by atoms with Crippen molar-refractivity contribution in [2.45, 2.75) is 5.16 Å². The molecule has 0 bridgehead atoms. The van der Waals surface area contributed by atoms with Gasteiger partial charge in [0.25, 0.3) is 5.56 Å². The summed E-state index contributed by atoms with van der Waals surface area (Å²) in [5.41, 5.74) is 0.810. The van der Waals surface area contributed by atoms with E-state index in [-0.39, 0.29) is 5.56 Å². The number of hydrogen-bond donors (Lipinski definition) is 0. The Balaban J connectivity index is 1.65. The van der Waals surface area contributed by atoms with E-state index in [1.54, 1.807) is 23.4 Å². The van der Waals surface area contributed by atoms with Gasteiger partial charge in [-0.2, -0.15) is 0 Å². The third-order valence-electron chi connectivity index (χ3n) is 4.34. The van der Waals surface area contributed by atoms with Crippen LogP contribution in [0.4, 0.5) is 0 Å². The first kappa shape index (κ1) is 15.6. The van der Waals surface area contributed by atoms with Gasteiger partial charge in [-0.1, -0.05) is 23.9 Å². The summed E-state index contributed by atoms with van der Waals surface area (Å²) in [6, 6.07) is 7.60. The molecular weight excluding hydrogens is 326 g/mol. The molecule has 0 unspecified atom stereocenters. The van der Waals surface area contributed by atoms with Crippen molar-refractivity contribution >= 4 is 28.4 Å². The van der Waals surface area contributed by atoms with Crippen molar-refractivity contribution in [1.29, 1.82) is 0 Å². The van der Waals surface area contributed by atoms with Crippen LogP contribution in [0.5, 0.6) is 0 Å². The fourth-order valence-electron chi connectivity index (χ4n) is 3.00. The molecular formula is C16H19N5O2S. The zero-order valence-electron chi connectivity index (χ0n) is 13.5. The number of hydrogen-bond acceptors (Lipinski definition) is 6. The molecule has 0 atom stereocenters. The summed E-state index contributed by atoms with van der Waals surface area (Å²) < 4.78 is 8.90. The van der Waals surface area contributed by atoms with Gasteiger partial charge in [0, 0.05) is 32.4 Å². The molecule has 4 rings (SSSR count). The summed E-state index contributed by atoms with van der Waals surface area (Å²) in [5, 5.41) is 10.0. The maximum Gasteiger partial charge on any atom is 0.262 e. The molecule has 8 heteroatoms. The number of morpholine rings is 1. The minimum Gasteiger partial charge on any atom is -0.379 e. The normalized spacial score (nSPS) is 16.2. The standard InChI is InChI=1S/C16H19N5O2S/c1-19-14(22)12-4-2-3-5-13(12)21-15(19)17-18-16(21)24-11-8-20-6-9-23-10-7-20/h2-5H,6-11H2,1H3. The Morgan fingerprint density at radius 1 is 1.21 bits per heavy atom. The average molecular weight is 345 g/mol. The van der Waals surface area contributed by atoms with Crippen LogP contribution in [0.15, 0.2) is 34.2 Å². The van der Waals surface area contributed by atoms with E-state index in [9.17, 15) is 4.79 Å². The molecule has 0 saturated carbocycles. The highest BCUT2D eigenvalue weighted by Gasteiger charge is 2.15. The van der Waals surface area contributed by atoms with Crippen LogP contribution in [0.25, 0.3) is 16.7 Å². The van der Waals surface area contributed by atoms with Crippen LogP contribution < -0.4 is 5.56 Å². The second kappa shape index (κ2) is 6.54. The third-order valence-corrected chi connectivity index (χ3v) is 5.25. The lowest BCUT2D eigenvalue weighted by molar-refractivity contribution is 0.0410. The topological polar surface area (TPSA) is 64.7 Å². The molecule has 7 nitrogen and oxygen atoms in total. The summed E-state index contributed by atoms with van der Waals surface area (Å²) in [7, 11) is 1.74. The van der Waals surface area contributed by atoms with Crippen LogP contribution in [-0.4, -0.2) is 62.7 Å². The highest BCUT2D eigenvalue weighted by molar-refractivity contribution is 7.99. The van der Waals surface area contributed by atoms with Crippen molar-refractivity contribution in [2.24, 2.45) is 7.05 Å². The van der Waals surface area contributed by atoms with Crippen LogP contribution in [0.3, 0.4) is 0 Å². The van der Waals surface area contributed by atoms with E-state index in [1.165, 1.54) is 0 Å². The summed E-state index contributed by atoms with van der Waals surface area (Å²) >= 11 is 1.67. The molecule has 0 radical (unpaired) electrons. The van der Waals surface area contributed by atoms with Gasteiger partial charge in [0.15, 0.2) is 5.16 Å². The van der Waals surface area contributed by atoms with E-state index < -0.39 is 0 Å². The lowest BCUT2D eigenvalue weighted by Crippen LogP contribution is -2.37. The van der Waals surface area contributed by atoms with Crippen molar-refractivity contribution in [3.8, 4) is 0 Å². The molecule has 1 aliphatic rings. The van der Waals surface area contributed by atoms with Crippen molar-refractivity contribution in [3.63, 3.8) is 0 Å². The van der Waals surface area contributed by atoms with Crippen molar-refractivity contribution in [2.75, 3.05) is 38.6 Å². The van der Waals surface area contributed by atoms with Gasteiger partial charge in [0.2, 0.25) is 5.78 Å². The first-order chi connectivity index (χ1) is 11.8. The van der Waals surface area contributed by atoms with Gasteiger partial charge in [0.1, 0.15) is 0 Å². The molecule has 2 aromatic heterocycles. The first-order valence-electron chi connectivity index (χ1n) is 8.01. The Morgan fingerprint density at radius 3 is 2.83 bits per heavy atom. The molecule has 126 valence electrons. The van der Waals surface area contributed by atoms with Crippen LogP contribution in [0.2, 0.25) is 0 Å². The number of aryl methyl sites for hydroxylation is 1. The number of para-hydroxylation sites is 1. The minimum atomic E-state index is -0.0460. The summed E-state index contributed by atoms with van der Waals surface area (Å²) in [6.07, 6.45) is 0. The van der Waals surface area contributed by atoms with Crippen LogP contribution in [-0.2, 0) is 11.8 Å². The zero-order valence-corrected chi connectivity index (χ0v) is 14.3. The van der Waals surface area contributed by atoms with Gasteiger partial charge in [-0.15, -0.1) is 10.2 Å². The summed E-state index contributed by atoms with van der Waals surface area (Å²) in [6.45, 7) is 4.58. The van der Waals surface area contributed by atoms with Crippen LogP contribution in [0.1, 0.15) is 0 Å². The van der Waals surface area contributed by atoms with E-state index in [0.717, 1.165) is 49.3 Å². The Hall–Kier alpha value is -1.90. The Labute approximate surface area is 143 Å². The summed E-state index contributed by atoms with van der Waals surface area (Å²) in [5.74, 6) is 1.50. The predicted octanol–water partition coefficient (Wildman–Crippen LogP) is 1.01. The Kier molecular flexibility index (Phi) is 4.26. The summed E-state index contributed by atoms with van der Waals surface area (Å²) in [4.78, 5) is 14.8. The number of benzene rings is 1. The number of thioether (sulfide) groups is 1. The monoisotopic (exact) mass is 345 g/mol. The second-order valence-electron chi connectivity index (χ2n) is 5.80. The lowest BCUT2D eigenvalue weighted by Gasteiger charge is -2.26. The SMILES string of the molecule is Cn1c(=O)c2ccccc2n2c(SCCN3CCOCC3)nnc12. The van der Waals surface area contributed by atoms with Crippen molar-refractivity contribution < 1.29 is 4.74 Å². The molecule has 0 aliphatic carbocycles. The van der Waals surface area contributed by atoms with E-state index in [1.807, 2.05) is 28.7 Å². The molecule has 0 amide bonds. The van der Waals surface area contributed by atoms with Gasteiger partial charge in [0.05, 0.1) is 24.1 Å². The van der Waals surface area contributed by atoms with Gasteiger partial charge in [-0.25, -0.2) is 0 Å². The Bertz CT molecular complexity index is 929. The molecule has 0 N–H and O–H groups in total.